The molecular weight excluding hydrogens is 216 g/mol. The van der Waals surface area contributed by atoms with Gasteiger partial charge in [0, 0.05) is 0 Å². The molecule has 82 valence electrons. The van der Waals surface area contributed by atoms with Gasteiger partial charge in [-0.3, -0.25) is 0 Å². The second-order valence-corrected chi connectivity index (χ2v) is 2.77. The summed E-state index contributed by atoms with van der Waals surface area (Å²) in [6, 6.07) is 6.77. The predicted octanol–water partition coefficient (Wildman–Crippen LogP) is 0.974. The van der Waals surface area contributed by atoms with Gasteiger partial charge in [-0.15, -0.1) is 0 Å². The molecule has 17 heavy (non-hydrogen) atoms. The molecule has 0 atom stereocenters. The summed E-state index contributed by atoms with van der Waals surface area (Å²) in [5.41, 5.74) is 9.99. The molecule has 0 aliphatic carbocycles. The molecular formula is C11H8N6. The highest BCUT2D eigenvalue weighted by molar-refractivity contribution is 5.82. The summed E-state index contributed by atoms with van der Waals surface area (Å²) in [4.78, 5) is 0. The van der Waals surface area contributed by atoms with Crippen LogP contribution < -0.4 is 11.5 Å². The van der Waals surface area contributed by atoms with E-state index in [1.807, 2.05) is 0 Å². The second kappa shape index (κ2) is 5.03. The first kappa shape index (κ1) is 13.8. The summed E-state index contributed by atoms with van der Waals surface area (Å²) in [5, 5.41) is 35.2. The number of benzene rings is 1. The minimum Gasteiger partial charge on any atom is -0.397 e. The lowest BCUT2D eigenvalue weighted by molar-refractivity contribution is 1.38. The quantitative estimate of drug-likeness (QED) is 0.627. The Kier molecular flexibility index (Phi) is 4.08. The normalized spacial score (nSPS) is 7.76. The Morgan fingerprint density at radius 1 is 0.588 bits per heavy atom. The molecule has 0 spiro atoms. The van der Waals surface area contributed by atoms with Crippen molar-refractivity contribution in [1.82, 2.24) is 0 Å². The maximum Gasteiger partial charge on any atom is 0.103 e. The molecule has 6 nitrogen and oxygen atoms in total. The Bertz CT molecular complexity index is 520. The predicted molar refractivity (Wildman–Crippen MR) is 60.9 cm³/mol. The van der Waals surface area contributed by atoms with Crippen molar-refractivity contribution in [2.24, 2.45) is 0 Å². The number of nitrogen functional groups attached to an aromatic ring is 2. The van der Waals surface area contributed by atoms with Crippen LogP contribution in [0.15, 0.2) is 0 Å². The molecule has 1 rings (SSSR count). The van der Waals surface area contributed by atoms with Gasteiger partial charge < -0.3 is 11.5 Å². The van der Waals surface area contributed by atoms with Crippen LogP contribution >= 0.6 is 0 Å². The highest BCUT2D eigenvalue weighted by Crippen LogP contribution is 2.30. The number of nitrogens with two attached hydrogens (primary N) is 2. The first-order valence-electron chi connectivity index (χ1n) is 3.97. The van der Waals surface area contributed by atoms with Crippen LogP contribution in [0, 0.1) is 45.3 Å². The number of hydrogen-bond acceptors (Lipinski definition) is 6. The van der Waals surface area contributed by atoms with Crippen molar-refractivity contribution in [3.8, 4) is 24.3 Å². The maximum absolute atomic E-state index is 8.81. The van der Waals surface area contributed by atoms with Crippen molar-refractivity contribution in [1.29, 1.82) is 21.0 Å². The molecule has 0 radical (unpaired) electrons. The van der Waals surface area contributed by atoms with E-state index >= 15 is 0 Å². The third-order valence-corrected chi connectivity index (χ3v) is 2.02. The minimum atomic E-state index is -0.188. The zero-order chi connectivity index (χ0) is 12.3. The average Bonchev–Trinajstić information content (AvgIpc) is 2.30. The Morgan fingerprint density at radius 2 is 0.765 bits per heavy atom. The van der Waals surface area contributed by atoms with Crippen molar-refractivity contribution in [3.63, 3.8) is 0 Å². The van der Waals surface area contributed by atoms with Gasteiger partial charge in [-0.25, -0.2) is 0 Å². The van der Waals surface area contributed by atoms with Gasteiger partial charge in [0.1, 0.15) is 24.3 Å². The molecule has 1 aromatic rings. The summed E-state index contributed by atoms with van der Waals surface area (Å²) >= 11 is 0. The zero-order valence-corrected chi connectivity index (χ0v) is 7.94. The van der Waals surface area contributed by atoms with E-state index in [9.17, 15) is 0 Å². The van der Waals surface area contributed by atoms with E-state index in [-0.39, 0.29) is 41.1 Å². The summed E-state index contributed by atoms with van der Waals surface area (Å²) in [6.45, 7) is 0. The van der Waals surface area contributed by atoms with E-state index in [1.54, 1.807) is 24.3 Å². The summed E-state index contributed by atoms with van der Waals surface area (Å²) < 4.78 is 0. The monoisotopic (exact) mass is 224 g/mol. The largest absolute Gasteiger partial charge is 0.397 e. The molecule has 0 fully saturated rings. The number of nitriles is 4. The number of rotatable bonds is 0. The molecule has 0 unspecified atom stereocenters. The van der Waals surface area contributed by atoms with Crippen LogP contribution in [0.1, 0.15) is 29.7 Å². The Balaban J connectivity index is 0.00000256. The van der Waals surface area contributed by atoms with E-state index < -0.39 is 0 Å². The van der Waals surface area contributed by atoms with E-state index in [4.69, 9.17) is 32.5 Å². The molecule has 0 aliphatic rings. The number of nitrogens with zero attached hydrogens (tertiary/aromatic N) is 4. The molecule has 0 bridgehead atoms. The molecule has 0 heterocycles. The number of hydrogen-bond donors (Lipinski definition) is 2. The maximum atomic E-state index is 8.81. The first-order valence-corrected chi connectivity index (χ1v) is 3.97. The van der Waals surface area contributed by atoms with Crippen molar-refractivity contribution in [2.75, 3.05) is 11.5 Å². The highest BCUT2D eigenvalue weighted by Gasteiger charge is 2.20. The van der Waals surface area contributed by atoms with E-state index in [0.717, 1.165) is 0 Å². The lowest BCUT2D eigenvalue weighted by atomic mass is 9.95. The van der Waals surface area contributed by atoms with E-state index in [0.29, 0.717) is 0 Å². The Labute approximate surface area is 98.5 Å². The van der Waals surface area contributed by atoms with Crippen molar-refractivity contribution >= 4 is 11.4 Å². The second-order valence-electron chi connectivity index (χ2n) is 2.77. The van der Waals surface area contributed by atoms with Gasteiger partial charge in [0.25, 0.3) is 0 Å². The van der Waals surface area contributed by atoms with Crippen LogP contribution in [0.4, 0.5) is 11.4 Å². The topological polar surface area (TPSA) is 147 Å². The van der Waals surface area contributed by atoms with Gasteiger partial charge in [-0.1, -0.05) is 7.43 Å². The fraction of sp³-hybridized carbons (Fsp3) is 0.0909. The molecule has 0 aliphatic heterocycles. The van der Waals surface area contributed by atoms with E-state index in [1.165, 1.54) is 0 Å². The van der Waals surface area contributed by atoms with Gasteiger partial charge >= 0.3 is 0 Å². The van der Waals surface area contributed by atoms with Gasteiger partial charge in [0.2, 0.25) is 0 Å². The van der Waals surface area contributed by atoms with Crippen molar-refractivity contribution < 1.29 is 0 Å². The molecule has 0 saturated heterocycles. The Morgan fingerprint density at radius 3 is 0.882 bits per heavy atom. The molecule has 1 aromatic carbocycles. The third kappa shape index (κ3) is 1.79. The number of anilines is 2. The van der Waals surface area contributed by atoms with Crippen LogP contribution in [0.25, 0.3) is 0 Å². The summed E-state index contributed by atoms with van der Waals surface area (Å²) in [7, 11) is 0. The lowest BCUT2D eigenvalue weighted by Crippen LogP contribution is -2.06. The standard InChI is InChI=1S/C10H4N6.CH4/c11-1-5-6(2-12)10(16)8(4-14)7(3-13)9(5)15;/h15-16H2;1H4. The first-order chi connectivity index (χ1) is 7.62. The molecule has 0 aromatic heterocycles. The third-order valence-electron chi connectivity index (χ3n) is 2.02. The van der Waals surface area contributed by atoms with Gasteiger partial charge in [0.15, 0.2) is 0 Å². The average molecular weight is 224 g/mol. The van der Waals surface area contributed by atoms with Crippen LogP contribution in [-0.4, -0.2) is 0 Å². The van der Waals surface area contributed by atoms with Crippen molar-refractivity contribution in [3.05, 3.63) is 22.3 Å². The minimum absolute atomic E-state index is 0. The zero-order valence-electron chi connectivity index (χ0n) is 7.94. The molecule has 0 saturated carbocycles. The fourth-order valence-electron chi connectivity index (χ4n) is 1.25. The summed E-state index contributed by atoms with van der Waals surface area (Å²) in [5.74, 6) is 0. The van der Waals surface area contributed by atoms with Crippen LogP contribution in [0.5, 0.6) is 0 Å². The molecule has 6 heteroatoms. The van der Waals surface area contributed by atoms with Crippen molar-refractivity contribution in [2.45, 2.75) is 7.43 Å². The fourth-order valence-corrected chi connectivity index (χ4v) is 1.25. The molecule has 4 N–H and O–H groups in total. The highest BCUT2D eigenvalue weighted by atomic mass is 14.6. The SMILES string of the molecule is C.N#Cc1c(N)c(C#N)c(C#N)c(N)c1C#N. The summed E-state index contributed by atoms with van der Waals surface area (Å²) in [6.07, 6.45) is 0. The van der Waals surface area contributed by atoms with E-state index in [2.05, 4.69) is 0 Å². The molecule has 0 amide bonds. The van der Waals surface area contributed by atoms with Crippen LogP contribution in [0.3, 0.4) is 0 Å². The van der Waals surface area contributed by atoms with Gasteiger partial charge in [-0.2, -0.15) is 21.0 Å². The van der Waals surface area contributed by atoms with Gasteiger partial charge in [0.05, 0.1) is 33.6 Å². The smallest absolute Gasteiger partial charge is 0.103 e. The van der Waals surface area contributed by atoms with Crippen LogP contribution in [0.2, 0.25) is 0 Å². The van der Waals surface area contributed by atoms with Gasteiger partial charge in [-0.05, 0) is 0 Å². The Hall–Kier alpha value is -3.22. The van der Waals surface area contributed by atoms with Crippen LogP contribution in [-0.2, 0) is 0 Å². The lowest BCUT2D eigenvalue weighted by Gasteiger charge is -2.08.